The minimum atomic E-state index is 0.214. The average molecular weight is 303 g/mol. The number of nitrogens with one attached hydrogen (secondary N) is 1. The Morgan fingerprint density at radius 1 is 1.24 bits per heavy atom. The molecule has 0 aliphatic carbocycles. The van der Waals surface area contributed by atoms with Gasteiger partial charge in [-0.15, -0.1) is 0 Å². The van der Waals surface area contributed by atoms with Gasteiger partial charge in [-0.25, -0.2) is 0 Å². The van der Waals surface area contributed by atoms with E-state index in [2.05, 4.69) is 41.1 Å². The van der Waals surface area contributed by atoms with Crippen molar-refractivity contribution in [3.63, 3.8) is 0 Å². The Morgan fingerprint density at radius 3 is 2.52 bits per heavy atom. The number of hydrogen-bond donors (Lipinski definition) is 1. The van der Waals surface area contributed by atoms with Crippen molar-refractivity contribution in [2.24, 2.45) is 0 Å². The van der Waals surface area contributed by atoms with E-state index >= 15 is 0 Å². The summed E-state index contributed by atoms with van der Waals surface area (Å²) in [5.41, 5.74) is 2.36. The highest BCUT2D eigenvalue weighted by Crippen LogP contribution is 2.29. The van der Waals surface area contributed by atoms with Gasteiger partial charge in [-0.2, -0.15) is 0 Å². The molecule has 1 aliphatic rings. The highest BCUT2D eigenvalue weighted by molar-refractivity contribution is 6.31. The van der Waals surface area contributed by atoms with Crippen molar-refractivity contribution in [3.05, 3.63) is 71.3 Å². The first kappa shape index (κ1) is 16.0. The van der Waals surface area contributed by atoms with Crippen molar-refractivity contribution >= 4 is 11.6 Å². The first-order valence-corrected chi connectivity index (χ1v) is 7.78. The topological polar surface area (TPSA) is 15.3 Å². The number of nitrogens with zero attached hydrogens (tertiary/aromatic N) is 1. The van der Waals surface area contributed by atoms with Crippen molar-refractivity contribution in [3.8, 4) is 0 Å². The van der Waals surface area contributed by atoms with Gasteiger partial charge in [-0.3, -0.25) is 4.90 Å². The number of piperazine rings is 1. The molecule has 0 radical (unpaired) electrons. The molecule has 1 saturated heterocycles. The quantitative estimate of drug-likeness (QED) is 0.830. The van der Waals surface area contributed by atoms with Crippen LogP contribution in [-0.4, -0.2) is 31.1 Å². The molecule has 1 fully saturated rings. The second-order valence-corrected chi connectivity index (χ2v) is 5.62. The van der Waals surface area contributed by atoms with Crippen LogP contribution in [0.4, 0.5) is 0 Å². The Balaban J connectivity index is 2.23. The van der Waals surface area contributed by atoms with E-state index in [9.17, 15) is 0 Å². The van der Waals surface area contributed by atoms with Crippen LogP contribution >= 0.6 is 11.6 Å². The summed E-state index contributed by atoms with van der Waals surface area (Å²) in [7, 11) is 0. The van der Waals surface area contributed by atoms with Crippen molar-refractivity contribution in [1.82, 2.24) is 10.2 Å². The molecule has 21 heavy (non-hydrogen) atoms. The third kappa shape index (κ3) is 4.57. The summed E-state index contributed by atoms with van der Waals surface area (Å²) < 4.78 is 0. The molecule has 112 valence electrons. The molecular formula is C18H23ClN2. The zero-order valence-corrected chi connectivity index (χ0v) is 13.3. The molecule has 2 rings (SSSR count). The van der Waals surface area contributed by atoms with Gasteiger partial charge >= 0.3 is 0 Å². The molecule has 1 heterocycles. The molecule has 1 aromatic rings. The summed E-state index contributed by atoms with van der Waals surface area (Å²) >= 11 is 6.06. The minimum Gasteiger partial charge on any atom is -0.314 e. The van der Waals surface area contributed by atoms with Gasteiger partial charge < -0.3 is 5.32 Å². The molecular weight excluding hydrogens is 280 g/mol. The van der Waals surface area contributed by atoms with E-state index < -0.39 is 0 Å². The summed E-state index contributed by atoms with van der Waals surface area (Å²) in [6.07, 6.45) is 5.83. The Kier molecular flexibility index (Phi) is 6.24. The Bertz CT molecular complexity index is 513. The molecule has 1 unspecified atom stereocenters. The molecule has 3 heteroatoms. The maximum atomic E-state index is 6.06. The van der Waals surface area contributed by atoms with E-state index in [1.165, 1.54) is 5.56 Å². The van der Waals surface area contributed by atoms with Gasteiger partial charge in [-0.05, 0) is 24.1 Å². The van der Waals surface area contributed by atoms with Gasteiger partial charge in [0.05, 0.1) is 6.04 Å². The lowest BCUT2D eigenvalue weighted by molar-refractivity contribution is 0.198. The Labute approximate surface area is 132 Å². The summed E-state index contributed by atoms with van der Waals surface area (Å²) in [4.78, 5) is 2.47. The van der Waals surface area contributed by atoms with E-state index in [1.54, 1.807) is 0 Å². The summed E-state index contributed by atoms with van der Waals surface area (Å²) in [5, 5.41) is 4.14. The van der Waals surface area contributed by atoms with E-state index in [0.29, 0.717) is 0 Å². The summed E-state index contributed by atoms with van der Waals surface area (Å²) in [5.74, 6) is 0. The number of halogens is 1. The van der Waals surface area contributed by atoms with E-state index in [-0.39, 0.29) is 6.04 Å². The first-order chi connectivity index (χ1) is 10.2. The zero-order valence-electron chi connectivity index (χ0n) is 12.6. The molecule has 1 N–H and O–H groups in total. The minimum absolute atomic E-state index is 0.214. The van der Waals surface area contributed by atoms with E-state index in [1.807, 2.05) is 31.2 Å². The third-order valence-corrected chi connectivity index (χ3v) is 4.06. The fourth-order valence-corrected chi connectivity index (χ4v) is 2.67. The second kappa shape index (κ2) is 8.18. The normalized spacial score (nSPS) is 18.9. The van der Waals surface area contributed by atoms with Crippen LogP contribution < -0.4 is 5.32 Å². The van der Waals surface area contributed by atoms with Crippen LogP contribution in [0, 0.1) is 0 Å². The standard InChI is InChI=1S/C18H23ClN2/c1-3-17(19)10-9-15(2)18(16-7-5-4-6-8-16)21-13-11-20-12-14-21/h3-10,18,20H,2,11-14H2,1H3. The van der Waals surface area contributed by atoms with Crippen LogP contribution in [0.25, 0.3) is 0 Å². The number of rotatable bonds is 5. The van der Waals surface area contributed by atoms with Crippen LogP contribution in [0.5, 0.6) is 0 Å². The largest absolute Gasteiger partial charge is 0.314 e. The monoisotopic (exact) mass is 302 g/mol. The lowest BCUT2D eigenvalue weighted by atomic mass is 9.97. The predicted octanol–water partition coefficient (Wildman–Crippen LogP) is 3.89. The molecule has 0 amide bonds. The molecule has 1 atom stereocenters. The maximum absolute atomic E-state index is 6.06. The van der Waals surface area contributed by atoms with Crippen molar-refractivity contribution in [1.29, 1.82) is 0 Å². The van der Waals surface area contributed by atoms with Gasteiger partial charge in [-0.1, -0.05) is 60.7 Å². The van der Waals surface area contributed by atoms with Crippen molar-refractivity contribution < 1.29 is 0 Å². The zero-order chi connectivity index (χ0) is 15.1. The first-order valence-electron chi connectivity index (χ1n) is 7.41. The highest BCUT2D eigenvalue weighted by atomic mass is 35.5. The van der Waals surface area contributed by atoms with E-state index in [0.717, 1.165) is 36.8 Å². The SMILES string of the molecule is C=C(C=CC(Cl)=CC)C(c1ccccc1)N1CCNCC1. The summed E-state index contributed by atoms with van der Waals surface area (Å²) in [6, 6.07) is 10.8. The van der Waals surface area contributed by atoms with Crippen molar-refractivity contribution in [2.75, 3.05) is 26.2 Å². The third-order valence-electron chi connectivity index (χ3n) is 3.72. The smallest absolute Gasteiger partial charge is 0.0596 e. The maximum Gasteiger partial charge on any atom is 0.0596 e. The van der Waals surface area contributed by atoms with Gasteiger partial charge in [0.2, 0.25) is 0 Å². The number of benzene rings is 1. The molecule has 0 aromatic heterocycles. The van der Waals surface area contributed by atoms with Crippen LogP contribution in [0.2, 0.25) is 0 Å². The fourth-order valence-electron chi connectivity index (χ4n) is 2.61. The highest BCUT2D eigenvalue weighted by Gasteiger charge is 2.23. The molecule has 1 aromatic carbocycles. The number of hydrogen-bond acceptors (Lipinski definition) is 2. The van der Waals surface area contributed by atoms with Crippen LogP contribution in [0.15, 0.2) is 65.7 Å². The van der Waals surface area contributed by atoms with Gasteiger partial charge in [0.25, 0.3) is 0 Å². The lowest BCUT2D eigenvalue weighted by Gasteiger charge is -2.35. The summed E-state index contributed by atoms with van der Waals surface area (Å²) in [6.45, 7) is 10.3. The van der Waals surface area contributed by atoms with Gasteiger partial charge in [0.15, 0.2) is 0 Å². The van der Waals surface area contributed by atoms with Crippen LogP contribution in [-0.2, 0) is 0 Å². The van der Waals surface area contributed by atoms with Crippen LogP contribution in [0.3, 0.4) is 0 Å². The fraction of sp³-hybridized carbons (Fsp3) is 0.333. The average Bonchev–Trinajstić information content (AvgIpc) is 2.55. The Hall–Kier alpha value is -1.35. The van der Waals surface area contributed by atoms with Gasteiger partial charge in [0.1, 0.15) is 0 Å². The predicted molar refractivity (Wildman–Crippen MR) is 91.5 cm³/mol. The van der Waals surface area contributed by atoms with Gasteiger partial charge in [0, 0.05) is 31.2 Å². The Morgan fingerprint density at radius 2 is 1.90 bits per heavy atom. The molecule has 0 saturated carbocycles. The van der Waals surface area contributed by atoms with E-state index in [4.69, 9.17) is 11.6 Å². The molecule has 0 bridgehead atoms. The van der Waals surface area contributed by atoms with Crippen molar-refractivity contribution in [2.45, 2.75) is 13.0 Å². The molecule has 2 nitrogen and oxygen atoms in total. The van der Waals surface area contributed by atoms with Crippen LogP contribution in [0.1, 0.15) is 18.5 Å². The lowest BCUT2D eigenvalue weighted by Crippen LogP contribution is -2.45. The molecule has 0 spiro atoms. The number of allylic oxidation sites excluding steroid dienone is 3. The second-order valence-electron chi connectivity index (χ2n) is 5.18. The molecule has 1 aliphatic heterocycles.